The summed E-state index contributed by atoms with van der Waals surface area (Å²) in [6, 6.07) is 0.304. The van der Waals surface area contributed by atoms with E-state index in [0.717, 1.165) is 57.3 Å². The average Bonchev–Trinajstić information content (AvgIpc) is 3.38. The summed E-state index contributed by atoms with van der Waals surface area (Å²) in [5.74, 6) is 2.34. The summed E-state index contributed by atoms with van der Waals surface area (Å²) in [5.41, 5.74) is 0.167. The molecule has 3 fully saturated rings. The lowest BCUT2D eigenvalue weighted by molar-refractivity contribution is -0.134. The lowest BCUT2D eigenvalue weighted by Crippen LogP contribution is -2.51. The van der Waals surface area contributed by atoms with Gasteiger partial charge >= 0.3 is 0 Å². The number of aliphatic imine (C=N–C) groups is 1. The fourth-order valence-electron chi connectivity index (χ4n) is 5.57. The van der Waals surface area contributed by atoms with E-state index in [9.17, 15) is 4.79 Å². The van der Waals surface area contributed by atoms with E-state index in [0.29, 0.717) is 11.9 Å². The van der Waals surface area contributed by atoms with Crippen molar-refractivity contribution in [3.8, 4) is 0 Å². The Morgan fingerprint density at radius 3 is 2.59 bits per heavy atom. The molecule has 29 heavy (non-hydrogen) atoms. The predicted molar refractivity (Wildman–Crippen MR) is 120 cm³/mol. The normalized spacial score (nSPS) is 31.5. The molecular formula is C23H43N5O. The standard InChI is InChI=1S/C23H43N5O/c1-5-24-22(25-17-23(27(3)4)13-8-9-18(2)15-23)26-20-12-14-28(16-20)21(29)19-10-6-7-11-19/h18-20H,5-17H2,1-4H3,(H2,24,25,26). The highest BCUT2D eigenvalue weighted by Gasteiger charge is 2.37. The molecule has 2 saturated carbocycles. The van der Waals surface area contributed by atoms with E-state index >= 15 is 0 Å². The third-order valence-electron chi connectivity index (χ3n) is 7.44. The van der Waals surface area contributed by atoms with Crippen molar-refractivity contribution in [2.24, 2.45) is 16.8 Å². The van der Waals surface area contributed by atoms with Crippen LogP contribution in [0.25, 0.3) is 0 Å². The minimum atomic E-state index is 0.167. The highest BCUT2D eigenvalue weighted by molar-refractivity contribution is 5.81. The predicted octanol–water partition coefficient (Wildman–Crippen LogP) is 2.84. The number of hydrogen-bond acceptors (Lipinski definition) is 3. The first kappa shape index (κ1) is 22.4. The molecule has 0 aromatic heterocycles. The van der Waals surface area contributed by atoms with Crippen LogP contribution in [0.15, 0.2) is 4.99 Å². The van der Waals surface area contributed by atoms with E-state index in [1.54, 1.807) is 0 Å². The molecule has 0 aromatic rings. The molecule has 2 aliphatic carbocycles. The summed E-state index contributed by atoms with van der Waals surface area (Å²) >= 11 is 0. The number of likely N-dealkylation sites (tertiary alicyclic amines) is 1. The van der Waals surface area contributed by atoms with Crippen molar-refractivity contribution in [2.45, 2.75) is 83.2 Å². The van der Waals surface area contributed by atoms with Crippen LogP contribution in [0, 0.1) is 11.8 Å². The molecule has 0 aromatic carbocycles. The lowest BCUT2D eigenvalue weighted by atomic mass is 9.75. The quantitative estimate of drug-likeness (QED) is 0.527. The van der Waals surface area contributed by atoms with Gasteiger partial charge in [0.1, 0.15) is 0 Å². The number of nitrogens with one attached hydrogen (secondary N) is 2. The molecule has 2 N–H and O–H groups in total. The zero-order valence-electron chi connectivity index (χ0n) is 19.2. The van der Waals surface area contributed by atoms with Crippen molar-refractivity contribution in [3.63, 3.8) is 0 Å². The van der Waals surface area contributed by atoms with Crippen molar-refractivity contribution in [1.29, 1.82) is 0 Å². The van der Waals surface area contributed by atoms with Crippen LogP contribution in [0.4, 0.5) is 0 Å². The molecule has 3 rings (SSSR count). The van der Waals surface area contributed by atoms with Crippen molar-refractivity contribution < 1.29 is 4.79 Å². The van der Waals surface area contributed by atoms with Crippen LogP contribution in [0.5, 0.6) is 0 Å². The summed E-state index contributed by atoms with van der Waals surface area (Å²) in [6.45, 7) is 7.87. The zero-order valence-corrected chi connectivity index (χ0v) is 19.2. The molecule has 3 unspecified atom stereocenters. The van der Waals surface area contributed by atoms with Gasteiger partial charge in [-0.3, -0.25) is 9.79 Å². The Morgan fingerprint density at radius 1 is 1.17 bits per heavy atom. The first-order chi connectivity index (χ1) is 13.9. The molecule has 1 amide bonds. The maximum absolute atomic E-state index is 12.7. The smallest absolute Gasteiger partial charge is 0.225 e. The van der Waals surface area contributed by atoms with Gasteiger partial charge in [0.2, 0.25) is 5.91 Å². The fourth-order valence-corrected chi connectivity index (χ4v) is 5.57. The van der Waals surface area contributed by atoms with Crippen LogP contribution in [0.2, 0.25) is 0 Å². The molecular weight excluding hydrogens is 362 g/mol. The van der Waals surface area contributed by atoms with Crippen LogP contribution >= 0.6 is 0 Å². The fraction of sp³-hybridized carbons (Fsp3) is 0.913. The molecule has 3 atom stereocenters. The second-order valence-electron chi connectivity index (χ2n) is 9.91. The van der Waals surface area contributed by atoms with Crippen molar-refractivity contribution in [3.05, 3.63) is 0 Å². The van der Waals surface area contributed by atoms with Gasteiger partial charge in [0, 0.05) is 37.1 Å². The zero-order chi connectivity index (χ0) is 20.9. The van der Waals surface area contributed by atoms with Gasteiger partial charge in [-0.2, -0.15) is 0 Å². The molecule has 166 valence electrons. The maximum atomic E-state index is 12.7. The Hall–Kier alpha value is -1.30. The molecule has 1 saturated heterocycles. The monoisotopic (exact) mass is 405 g/mol. The Bertz CT molecular complexity index is 572. The Morgan fingerprint density at radius 2 is 1.93 bits per heavy atom. The summed E-state index contributed by atoms with van der Waals surface area (Å²) in [6.07, 6.45) is 10.7. The highest BCUT2D eigenvalue weighted by Crippen LogP contribution is 2.36. The number of amides is 1. The summed E-state index contributed by atoms with van der Waals surface area (Å²) in [7, 11) is 4.41. The molecule has 6 nitrogen and oxygen atoms in total. The molecule has 3 aliphatic rings. The molecule has 1 aliphatic heterocycles. The van der Waals surface area contributed by atoms with Crippen molar-refractivity contribution in [2.75, 3.05) is 40.3 Å². The van der Waals surface area contributed by atoms with E-state index in [-0.39, 0.29) is 11.5 Å². The van der Waals surface area contributed by atoms with Gasteiger partial charge in [0.25, 0.3) is 0 Å². The van der Waals surface area contributed by atoms with Crippen LogP contribution in [0.1, 0.15) is 71.6 Å². The van der Waals surface area contributed by atoms with E-state index < -0.39 is 0 Å². The Kier molecular flexibility index (Phi) is 7.83. The van der Waals surface area contributed by atoms with E-state index in [1.807, 2.05) is 0 Å². The maximum Gasteiger partial charge on any atom is 0.225 e. The molecule has 6 heteroatoms. The van der Waals surface area contributed by atoms with Gasteiger partial charge < -0.3 is 20.4 Å². The third kappa shape index (κ3) is 5.65. The Balaban J connectivity index is 1.58. The van der Waals surface area contributed by atoms with Crippen LogP contribution < -0.4 is 10.6 Å². The number of likely N-dealkylation sites (N-methyl/N-ethyl adjacent to an activating group) is 1. The van der Waals surface area contributed by atoms with Gasteiger partial charge in [0.05, 0.1) is 6.54 Å². The number of carbonyl (C=O) groups is 1. The van der Waals surface area contributed by atoms with Crippen LogP contribution in [0.3, 0.4) is 0 Å². The van der Waals surface area contributed by atoms with Gasteiger partial charge in [-0.15, -0.1) is 0 Å². The SMILES string of the molecule is CCNC(=NCC1(N(C)C)CCCC(C)C1)NC1CCN(C(=O)C2CCCC2)C1. The van der Waals surface area contributed by atoms with E-state index in [1.165, 1.54) is 38.5 Å². The van der Waals surface area contributed by atoms with Crippen molar-refractivity contribution in [1.82, 2.24) is 20.4 Å². The second kappa shape index (κ2) is 10.1. The second-order valence-corrected chi connectivity index (χ2v) is 9.91. The minimum absolute atomic E-state index is 0.167. The number of rotatable bonds is 6. The summed E-state index contributed by atoms with van der Waals surface area (Å²) in [5, 5.41) is 7.06. The van der Waals surface area contributed by atoms with E-state index in [2.05, 4.69) is 48.4 Å². The summed E-state index contributed by atoms with van der Waals surface area (Å²) < 4.78 is 0. The topological polar surface area (TPSA) is 60.0 Å². The molecule has 0 bridgehead atoms. The number of guanidine groups is 1. The largest absolute Gasteiger partial charge is 0.357 e. The lowest BCUT2D eigenvalue weighted by Gasteiger charge is -2.44. The van der Waals surface area contributed by atoms with Gasteiger partial charge in [0.15, 0.2) is 5.96 Å². The van der Waals surface area contributed by atoms with Gasteiger partial charge in [-0.1, -0.05) is 32.6 Å². The van der Waals surface area contributed by atoms with Crippen LogP contribution in [-0.4, -0.2) is 73.5 Å². The van der Waals surface area contributed by atoms with Crippen molar-refractivity contribution >= 4 is 11.9 Å². The third-order valence-corrected chi connectivity index (χ3v) is 7.44. The van der Waals surface area contributed by atoms with Crippen LogP contribution in [-0.2, 0) is 4.79 Å². The first-order valence-corrected chi connectivity index (χ1v) is 11.9. The highest BCUT2D eigenvalue weighted by atomic mass is 16.2. The molecule has 0 spiro atoms. The Labute approximate surface area is 177 Å². The number of carbonyl (C=O) groups excluding carboxylic acids is 1. The number of hydrogen-bond donors (Lipinski definition) is 2. The van der Waals surface area contributed by atoms with Gasteiger partial charge in [-0.05, 0) is 59.0 Å². The summed E-state index contributed by atoms with van der Waals surface area (Å²) in [4.78, 5) is 22.2. The average molecular weight is 406 g/mol. The van der Waals surface area contributed by atoms with E-state index in [4.69, 9.17) is 4.99 Å². The molecule has 0 radical (unpaired) electrons. The first-order valence-electron chi connectivity index (χ1n) is 11.9. The molecule has 1 heterocycles. The number of nitrogens with zero attached hydrogens (tertiary/aromatic N) is 3. The van der Waals surface area contributed by atoms with Gasteiger partial charge in [-0.25, -0.2) is 0 Å². The minimum Gasteiger partial charge on any atom is -0.357 e.